The topological polar surface area (TPSA) is 98.7 Å². The van der Waals surface area contributed by atoms with E-state index in [4.69, 9.17) is 5.73 Å². The highest BCUT2D eigenvalue weighted by atomic mass is 32.2. The first kappa shape index (κ1) is 20.4. The smallest absolute Gasteiger partial charge is 0.234 e. The number of thiophene rings is 1. The van der Waals surface area contributed by atoms with Crippen LogP contribution in [-0.4, -0.2) is 31.4 Å². The van der Waals surface area contributed by atoms with E-state index in [2.05, 4.69) is 20.5 Å². The Bertz CT molecular complexity index is 1230. The number of aromatic nitrogens is 4. The molecule has 0 atom stereocenters. The molecular weight excluding hydrogens is 416 g/mol. The number of hydrogen-bond donors (Lipinski definition) is 2. The van der Waals surface area contributed by atoms with Crippen molar-refractivity contribution in [1.29, 1.82) is 0 Å². The predicted molar refractivity (Wildman–Crippen MR) is 124 cm³/mol. The normalized spacial score (nSPS) is 11.2. The first-order chi connectivity index (χ1) is 14.5. The van der Waals surface area contributed by atoms with Crippen molar-refractivity contribution in [3.8, 4) is 10.7 Å². The molecule has 0 aliphatic carbocycles. The third-order valence-electron chi connectivity index (χ3n) is 4.86. The zero-order chi connectivity index (χ0) is 21.3. The number of fused-ring (bicyclic) bond motifs is 1. The van der Waals surface area contributed by atoms with Crippen molar-refractivity contribution in [3.63, 3.8) is 0 Å². The van der Waals surface area contributed by atoms with Crippen LogP contribution in [0.25, 0.3) is 20.9 Å². The number of carbonyl (C=O) groups excluding carboxylic acids is 1. The molecule has 0 saturated heterocycles. The van der Waals surface area contributed by atoms with E-state index >= 15 is 0 Å². The zero-order valence-corrected chi connectivity index (χ0v) is 18.6. The molecule has 9 heteroatoms. The van der Waals surface area contributed by atoms with E-state index in [1.807, 2.05) is 55.7 Å². The summed E-state index contributed by atoms with van der Waals surface area (Å²) in [5.74, 6) is 0.866. The van der Waals surface area contributed by atoms with Gasteiger partial charge in [-0.25, -0.2) is 4.98 Å². The lowest BCUT2D eigenvalue weighted by atomic mass is 10.1. The largest absolute Gasteiger partial charge is 0.397 e. The van der Waals surface area contributed by atoms with Crippen LogP contribution in [0.5, 0.6) is 0 Å². The predicted octanol–water partition coefficient (Wildman–Crippen LogP) is 4.50. The molecule has 0 spiro atoms. The van der Waals surface area contributed by atoms with Gasteiger partial charge in [-0.15, -0.1) is 21.5 Å². The van der Waals surface area contributed by atoms with E-state index < -0.39 is 0 Å². The number of carbonyl (C=O) groups is 1. The second-order valence-corrected chi connectivity index (χ2v) is 8.83. The summed E-state index contributed by atoms with van der Waals surface area (Å²) in [4.78, 5) is 18.5. The summed E-state index contributed by atoms with van der Waals surface area (Å²) >= 11 is 2.86. The van der Waals surface area contributed by atoms with Gasteiger partial charge in [-0.3, -0.25) is 4.79 Å². The van der Waals surface area contributed by atoms with Gasteiger partial charge in [-0.1, -0.05) is 17.8 Å². The van der Waals surface area contributed by atoms with Gasteiger partial charge in [0.1, 0.15) is 4.83 Å². The van der Waals surface area contributed by atoms with Gasteiger partial charge in [0.15, 0.2) is 11.0 Å². The molecule has 0 aliphatic rings. The maximum atomic E-state index is 12.4. The summed E-state index contributed by atoms with van der Waals surface area (Å²) in [6.07, 6.45) is 1.75. The summed E-state index contributed by atoms with van der Waals surface area (Å²) in [6, 6.07) is 9.72. The molecule has 0 saturated carbocycles. The van der Waals surface area contributed by atoms with E-state index in [-0.39, 0.29) is 11.7 Å². The van der Waals surface area contributed by atoms with Crippen LogP contribution in [0.3, 0.4) is 0 Å². The SMILES string of the molecule is CCn1c(SCC(=O)Nc2ccc(C)c(C)c2)nnc1-c1sc2ncccc2c1N. The fourth-order valence-corrected chi connectivity index (χ4v) is 4.97. The van der Waals surface area contributed by atoms with Crippen LogP contribution in [0, 0.1) is 13.8 Å². The van der Waals surface area contributed by atoms with Gasteiger partial charge < -0.3 is 15.6 Å². The van der Waals surface area contributed by atoms with Gasteiger partial charge >= 0.3 is 0 Å². The van der Waals surface area contributed by atoms with Crippen molar-refractivity contribution in [2.75, 3.05) is 16.8 Å². The molecule has 3 N–H and O–H groups in total. The quantitative estimate of drug-likeness (QED) is 0.430. The van der Waals surface area contributed by atoms with Crippen molar-refractivity contribution >= 4 is 50.6 Å². The Morgan fingerprint density at radius 1 is 1.23 bits per heavy atom. The Balaban J connectivity index is 1.51. The Morgan fingerprint density at radius 3 is 2.80 bits per heavy atom. The number of nitrogens with two attached hydrogens (primary N) is 1. The summed E-state index contributed by atoms with van der Waals surface area (Å²) in [5.41, 5.74) is 10.2. The number of thioether (sulfide) groups is 1. The first-order valence-corrected chi connectivity index (χ1v) is 11.3. The number of aryl methyl sites for hydroxylation is 2. The van der Waals surface area contributed by atoms with Crippen LogP contribution in [-0.2, 0) is 11.3 Å². The second-order valence-electron chi connectivity index (χ2n) is 6.89. The number of anilines is 2. The molecule has 30 heavy (non-hydrogen) atoms. The van der Waals surface area contributed by atoms with E-state index in [1.54, 1.807) is 6.20 Å². The van der Waals surface area contributed by atoms with E-state index in [9.17, 15) is 4.79 Å². The first-order valence-electron chi connectivity index (χ1n) is 9.54. The van der Waals surface area contributed by atoms with Crippen LogP contribution >= 0.6 is 23.1 Å². The number of hydrogen-bond acceptors (Lipinski definition) is 7. The number of rotatable bonds is 6. The highest BCUT2D eigenvalue weighted by Gasteiger charge is 2.20. The Hall–Kier alpha value is -2.91. The summed E-state index contributed by atoms with van der Waals surface area (Å²) in [6.45, 7) is 6.77. The Labute approximate surface area is 182 Å². The van der Waals surface area contributed by atoms with Gasteiger partial charge in [-0.2, -0.15) is 0 Å². The Kier molecular flexibility index (Phi) is 5.74. The molecule has 3 heterocycles. The fourth-order valence-electron chi connectivity index (χ4n) is 3.11. The molecular formula is C21H22N6OS2. The number of pyridine rings is 1. The monoisotopic (exact) mass is 438 g/mol. The number of benzene rings is 1. The lowest BCUT2D eigenvalue weighted by Gasteiger charge is -2.08. The van der Waals surface area contributed by atoms with E-state index in [1.165, 1.54) is 28.7 Å². The Morgan fingerprint density at radius 2 is 2.07 bits per heavy atom. The van der Waals surface area contributed by atoms with Crippen LogP contribution in [0.1, 0.15) is 18.1 Å². The molecule has 4 rings (SSSR count). The average Bonchev–Trinajstić information content (AvgIpc) is 3.30. The van der Waals surface area contributed by atoms with Crippen LogP contribution in [0.15, 0.2) is 41.7 Å². The van der Waals surface area contributed by atoms with Crippen molar-refractivity contribution in [1.82, 2.24) is 19.7 Å². The molecule has 1 amide bonds. The molecule has 3 aromatic heterocycles. The number of amides is 1. The second kappa shape index (κ2) is 8.45. The lowest BCUT2D eigenvalue weighted by Crippen LogP contribution is -2.14. The minimum atomic E-state index is -0.0824. The van der Waals surface area contributed by atoms with Crippen molar-refractivity contribution < 1.29 is 4.79 Å². The van der Waals surface area contributed by atoms with Crippen LogP contribution in [0.2, 0.25) is 0 Å². The summed E-state index contributed by atoms with van der Waals surface area (Å²) in [7, 11) is 0. The highest BCUT2D eigenvalue weighted by Crippen LogP contribution is 2.39. The molecule has 7 nitrogen and oxygen atoms in total. The van der Waals surface area contributed by atoms with Gasteiger partial charge in [0, 0.05) is 23.8 Å². The number of nitrogens with one attached hydrogen (secondary N) is 1. The highest BCUT2D eigenvalue weighted by molar-refractivity contribution is 7.99. The van der Waals surface area contributed by atoms with Gasteiger partial charge in [0.25, 0.3) is 0 Å². The molecule has 1 aromatic carbocycles. The molecule has 0 bridgehead atoms. The van der Waals surface area contributed by atoms with Gasteiger partial charge in [-0.05, 0) is 56.2 Å². The molecule has 154 valence electrons. The van der Waals surface area contributed by atoms with Gasteiger partial charge in [0.05, 0.1) is 16.3 Å². The van der Waals surface area contributed by atoms with Crippen molar-refractivity contribution in [3.05, 3.63) is 47.7 Å². The van der Waals surface area contributed by atoms with Crippen molar-refractivity contribution in [2.24, 2.45) is 0 Å². The van der Waals surface area contributed by atoms with Gasteiger partial charge in [0.2, 0.25) is 5.91 Å². The van der Waals surface area contributed by atoms with Crippen LogP contribution < -0.4 is 11.1 Å². The van der Waals surface area contributed by atoms with E-state index in [0.29, 0.717) is 23.2 Å². The average molecular weight is 439 g/mol. The fraction of sp³-hybridized carbons (Fsp3) is 0.238. The minimum absolute atomic E-state index is 0.0824. The molecule has 0 radical (unpaired) electrons. The molecule has 0 fully saturated rings. The summed E-state index contributed by atoms with van der Waals surface area (Å²) in [5, 5.41) is 13.2. The van der Waals surface area contributed by atoms with E-state index in [0.717, 1.165) is 26.3 Å². The van der Waals surface area contributed by atoms with Crippen LogP contribution in [0.4, 0.5) is 11.4 Å². The maximum absolute atomic E-state index is 12.4. The lowest BCUT2D eigenvalue weighted by molar-refractivity contribution is -0.113. The number of nitrogens with zero attached hydrogens (tertiary/aromatic N) is 4. The third kappa shape index (κ3) is 3.90. The number of nitrogen functional groups attached to an aromatic ring is 1. The van der Waals surface area contributed by atoms with Crippen molar-refractivity contribution in [2.45, 2.75) is 32.5 Å². The standard InChI is InChI=1S/C21H22N6OS2/c1-4-27-19(18-17(22)15-6-5-9-23-20(15)30-18)25-26-21(27)29-11-16(28)24-14-8-7-12(2)13(3)10-14/h5-10H,4,11,22H2,1-3H3,(H,24,28). The molecule has 0 aliphatic heterocycles. The molecule has 4 aromatic rings. The maximum Gasteiger partial charge on any atom is 0.234 e. The summed E-state index contributed by atoms with van der Waals surface area (Å²) < 4.78 is 1.98. The third-order valence-corrected chi connectivity index (χ3v) is 6.96. The molecule has 0 unspecified atom stereocenters. The zero-order valence-electron chi connectivity index (χ0n) is 17.0. The minimum Gasteiger partial charge on any atom is -0.397 e.